The Morgan fingerprint density at radius 2 is 1.89 bits per heavy atom. The topological polar surface area (TPSA) is 75.7 Å². The second-order valence-corrected chi connectivity index (χ2v) is 8.56. The van der Waals surface area contributed by atoms with Crippen LogP contribution in [0.2, 0.25) is 5.02 Å². The summed E-state index contributed by atoms with van der Waals surface area (Å²) in [5.41, 5.74) is 1.22. The molecule has 0 aromatic heterocycles. The third-order valence-electron chi connectivity index (χ3n) is 4.07. The molecule has 0 bridgehead atoms. The maximum atomic E-state index is 12.8. The van der Waals surface area contributed by atoms with E-state index < -0.39 is 16.1 Å². The van der Waals surface area contributed by atoms with Crippen LogP contribution in [0.25, 0.3) is 0 Å². The van der Waals surface area contributed by atoms with Gasteiger partial charge in [0.1, 0.15) is 11.8 Å². The van der Waals surface area contributed by atoms with E-state index in [0.29, 0.717) is 23.7 Å². The number of anilines is 1. The van der Waals surface area contributed by atoms with Gasteiger partial charge in [-0.25, -0.2) is 8.42 Å². The maximum Gasteiger partial charge on any atom is 0.244 e. The predicted octanol–water partition coefficient (Wildman–Crippen LogP) is 3.60. The second-order valence-electron chi connectivity index (χ2n) is 6.26. The number of sulfonamides is 1. The van der Waals surface area contributed by atoms with Crippen molar-refractivity contribution in [1.29, 1.82) is 0 Å². The molecule has 0 spiro atoms. The maximum absolute atomic E-state index is 12.8. The van der Waals surface area contributed by atoms with Crippen molar-refractivity contribution >= 4 is 33.2 Å². The van der Waals surface area contributed by atoms with Crippen molar-refractivity contribution in [3.05, 3.63) is 59.1 Å². The number of nitrogens with zero attached hydrogens (tertiary/aromatic N) is 1. The number of hydrogen-bond acceptors (Lipinski definition) is 4. The van der Waals surface area contributed by atoms with Crippen LogP contribution >= 0.6 is 11.6 Å². The first-order valence-corrected chi connectivity index (χ1v) is 11.2. The molecule has 0 fully saturated rings. The van der Waals surface area contributed by atoms with E-state index in [0.717, 1.165) is 21.9 Å². The van der Waals surface area contributed by atoms with Gasteiger partial charge in [-0.2, -0.15) is 0 Å². The number of nitrogens with one attached hydrogen (secondary N) is 1. The first kappa shape index (κ1) is 22.0. The molecule has 1 unspecified atom stereocenters. The molecule has 1 N–H and O–H groups in total. The fourth-order valence-electron chi connectivity index (χ4n) is 2.89. The van der Waals surface area contributed by atoms with Crippen molar-refractivity contribution in [3.8, 4) is 5.75 Å². The molecule has 0 heterocycles. The molecule has 0 aliphatic carbocycles. The highest BCUT2D eigenvalue weighted by molar-refractivity contribution is 7.92. The number of amides is 1. The summed E-state index contributed by atoms with van der Waals surface area (Å²) in [6.45, 7) is 4.48. The molecule has 2 aromatic carbocycles. The lowest BCUT2D eigenvalue weighted by molar-refractivity contribution is -0.122. The fraction of sp³-hybridized carbons (Fsp3) is 0.350. The summed E-state index contributed by atoms with van der Waals surface area (Å²) in [6.07, 6.45) is 1.39. The Balaban J connectivity index is 2.21. The van der Waals surface area contributed by atoms with Crippen molar-refractivity contribution in [1.82, 2.24) is 5.32 Å². The number of benzene rings is 2. The van der Waals surface area contributed by atoms with Gasteiger partial charge >= 0.3 is 0 Å². The SMILES string of the molecule is CCOc1cccc(CNC(=O)C(CC)N(c2cccc(Cl)c2)S(C)(=O)=O)c1. The third-order valence-corrected chi connectivity index (χ3v) is 5.48. The highest BCUT2D eigenvalue weighted by Crippen LogP contribution is 2.25. The molecule has 6 nitrogen and oxygen atoms in total. The number of hydrogen-bond donors (Lipinski definition) is 1. The molecule has 1 atom stereocenters. The van der Waals surface area contributed by atoms with Crippen molar-refractivity contribution in [2.75, 3.05) is 17.2 Å². The summed E-state index contributed by atoms with van der Waals surface area (Å²) >= 11 is 6.01. The quantitative estimate of drug-likeness (QED) is 0.667. The molecule has 2 aromatic rings. The second kappa shape index (κ2) is 9.80. The van der Waals surface area contributed by atoms with E-state index in [-0.39, 0.29) is 12.5 Å². The van der Waals surface area contributed by atoms with Gasteiger partial charge in [-0.05, 0) is 49.2 Å². The van der Waals surface area contributed by atoms with Gasteiger partial charge in [0.25, 0.3) is 0 Å². The Morgan fingerprint density at radius 1 is 1.18 bits per heavy atom. The van der Waals surface area contributed by atoms with E-state index in [1.807, 2.05) is 31.2 Å². The molecule has 8 heteroatoms. The molecular formula is C20H25ClN2O4S. The molecule has 28 heavy (non-hydrogen) atoms. The van der Waals surface area contributed by atoms with Crippen LogP contribution in [0, 0.1) is 0 Å². The monoisotopic (exact) mass is 424 g/mol. The van der Waals surface area contributed by atoms with Gasteiger partial charge in [-0.15, -0.1) is 0 Å². The lowest BCUT2D eigenvalue weighted by atomic mass is 10.1. The summed E-state index contributed by atoms with van der Waals surface area (Å²) in [7, 11) is -3.69. The first-order valence-electron chi connectivity index (χ1n) is 9.00. The van der Waals surface area contributed by atoms with Crippen LogP contribution in [0.15, 0.2) is 48.5 Å². The van der Waals surface area contributed by atoms with Gasteiger partial charge < -0.3 is 10.1 Å². The summed E-state index contributed by atoms with van der Waals surface area (Å²) in [4.78, 5) is 12.8. The standard InChI is InChI=1S/C20H25ClN2O4S/c1-4-19(23(28(3,25)26)17-10-7-9-16(21)13-17)20(24)22-14-15-8-6-11-18(12-15)27-5-2/h6-13,19H,4-5,14H2,1-3H3,(H,22,24). The molecule has 0 aliphatic rings. The van der Waals surface area contributed by atoms with Crippen molar-refractivity contribution in [2.45, 2.75) is 32.9 Å². The minimum Gasteiger partial charge on any atom is -0.494 e. The van der Waals surface area contributed by atoms with Crippen molar-refractivity contribution < 1.29 is 17.9 Å². The van der Waals surface area contributed by atoms with Gasteiger partial charge in [0.2, 0.25) is 15.9 Å². The summed E-state index contributed by atoms with van der Waals surface area (Å²) in [5, 5.41) is 3.22. The van der Waals surface area contributed by atoms with Crippen LogP contribution in [0.1, 0.15) is 25.8 Å². The van der Waals surface area contributed by atoms with Crippen LogP contribution in [0.3, 0.4) is 0 Å². The molecule has 2 rings (SSSR count). The van der Waals surface area contributed by atoms with Gasteiger partial charge in [-0.3, -0.25) is 9.10 Å². The normalized spacial score (nSPS) is 12.3. The van der Waals surface area contributed by atoms with Gasteiger partial charge in [0, 0.05) is 11.6 Å². The molecule has 0 aliphatic heterocycles. The van der Waals surface area contributed by atoms with Crippen molar-refractivity contribution in [3.63, 3.8) is 0 Å². The predicted molar refractivity (Wildman–Crippen MR) is 112 cm³/mol. The lowest BCUT2D eigenvalue weighted by Gasteiger charge is -2.30. The fourth-order valence-corrected chi connectivity index (χ4v) is 4.28. The number of halogens is 1. The van der Waals surface area contributed by atoms with E-state index in [2.05, 4.69) is 5.32 Å². The highest BCUT2D eigenvalue weighted by atomic mass is 35.5. The van der Waals surface area contributed by atoms with Gasteiger partial charge in [-0.1, -0.05) is 36.7 Å². The molecule has 0 saturated heterocycles. The van der Waals surface area contributed by atoms with Crippen LogP contribution in [0.4, 0.5) is 5.69 Å². The third kappa shape index (κ3) is 5.87. The molecule has 1 amide bonds. The number of carbonyl (C=O) groups is 1. The molecule has 0 radical (unpaired) electrons. The average molecular weight is 425 g/mol. The van der Waals surface area contributed by atoms with Gasteiger partial charge in [0.05, 0.1) is 18.6 Å². The Hall–Kier alpha value is -2.25. The van der Waals surface area contributed by atoms with Gasteiger partial charge in [0.15, 0.2) is 0 Å². The minimum absolute atomic E-state index is 0.267. The van der Waals surface area contributed by atoms with E-state index in [1.54, 1.807) is 25.1 Å². The Bertz CT molecular complexity index is 918. The summed E-state index contributed by atoms with van der Waals surface area (Å²) in [5.74, 6) is 0.340. The average Bonchev–Trinajstić information content (AvgIpc) is 2.63. The molecular weight excluding hydrogens is 400 g/mol. The number of carbonyl (C=O) groups excluding carboxylic acids is 1. The summed E-state index contributed by atoms with van der Waals surface area (Å²) in [6, 6.07) is 13.0. The lowest BCUT2D eigenvalue weighted by Crippen LogP contribution is -2.49. The van der Waals surface area contributed by atoms with E-state index in [1.165, 1.54) is 6.07 Å². The number of rotatable bonds is 9. The molecule has 0 saturated carbocycles. The summed E-state index contributed by atoms with van der Waals surface area (Å²) < 4.78 is 31.4. The van der Waals surface area contributed by atoms with E-state index in [9.17, 15) is 13.2 Å². The molecule has 152 valence electrons. The van der Waals surface area contributed by atoms with Crippen LogP contribution in [0.5, 0.6) is 5.75 Å². The largest absolute Gasteiger partial charge is 0.494 e. The Morgan fingerprint density at radius 3 is 2.50 bits per heavy atom. The smallest absolute Gasteiger partial charge is 0.244 e. The zero-order valence-corrected chi connectivity index (χ0v) is 17.8. The first-order chi connectivity index (χ1) is 13.3. The zero-order valence-electron chi connectivity index (χ0n) is 16.2. The Labute approximate surface area is 171 Å². The van der Waals surface area contributed by atoms with Crippen LogP contribution in [-0.4, -0.2) is 33.2 Å². The highest BCUT2D eigenvalue weighted by Gasteiger charge is 2.31. The van der Waals surface area contributed by atoms with E-state index >= 15 is 0 Å². The van der Waals surface area contributed by atoms with E-state index in [4.69, 9.17) is 16.3 Å². The zero-order chi connectivity index (χ0) is 20.7. The van der Waals surface area contributed by atoms with Crippen LogP contribution < -0.4 is 14.4 Å². The number of ether oxygens (including phenoxy) is 1. The van der Waals surface area contributed by atoms with Crippen LogP contribution in [-0.2, 0) is 21.4 Å². The Kier molecular flexibility index (Phi) is 7.71. The minimum atomic E-state index is -3.69. The van der Waals surface area contributed by atoms with Crippen molar-refractivity contribution in [2.24, 2.45) is 0 Å².